The van der Waals surface area contributed by atoms with Crippen LogP contribution < -0.4 is 47.1 Å². The summed E-state index contributed by atoms with van der Waals surface area (Å²) in [6.45, 7) is 18.7. The summed E-state index contributed by atoms with van der Waals surface area (Å²) in [5.41, 5.74) is 1.64. The van der Waals surface area contributed by atoms with Crippen molar-refractivity contribution in [2.45, 2.75) is 162 Å². The number of benzene rings is 8. The lowest BCUT2D eigenvalue weighted by atomic mass is 10.2. The summed E-state index contributed by atoms with van der Waals surface area (Å²) < 4.78 is 118. The van der Waals surface area contributed by atoms with Crippen LogP contribution in [0.4, 0.5) is 30.8 Å². The van der Waals surface area contributed by atoms with Crippen molar-refractivity contribution in [1.29, 1.82) is 0 Å². The topological polar surface area (TPSA) is 283 Å². The number of nitrogens with one attached hydrogen (secondary N) is 3. The molecule has 0 spiro atoms. The first-order chi connectivity index (χ1) is 63.8. The Hall–Kier alpha value is -12.5. The van der Waals surface area contributed by atoms with Gasteiger partial charge in [-0.3, -0.25) is 28.5 Å². The number of carboxylic acids is 1. The number of carboxylic acid groups (broad SMARTS) is 1. The number of carbonyl (C=O) groups excluding carboxylic acids is 6. The number of aromatic nitrogens is 4. The lowest BCUT2D eigenvalue weighted by molar-refractivity contribution is -0.143. The first-order valence-electron chi connectivity index (χ1n) is 46.1. The summed E-state index contributed by atoms with van der Waals surface area (Å²) in [6.07, 6.45) is -0.562. The Bertz CT molecular complexity index is 5890. The van der Waals surface area contributed by atoms with Gasteiger partial charge < -0.3 is 53.3 Å². The Kier molecular flexibility index (Phi) is 27.9. The largest absolute Gasteiger partial charge is 0.480 e. The molecule has 0 aliphatic carbocycles. The summed E-state index contributed by atoms with van der Waals surface area (Å²) >= 11 is 0. The summed E-state index contributed by atoms with van der Waals surface area (Å²) in [6, 6.07) is 80.5. The zero-order valence-electron chi connectivity index (χ0n) is 83.3. The van der Waals surface area contributed by atoms with Crippen LogP contribution in [0.25, 0.3) is 22.1 Å². The molecular formula is C100H119N9O15Si3. The molecule has 666 valence electrons. The molecule has 4 amide bonds. The highest BCUT2D eigenvalue weighted by molar-refractivity contribution is 7.00. The fourth-order valence-corrected chi connectivity index (χ4v) is 28.7. The van der Waals surface area contributed by atoms with E-state index >= 15 is 0 Å². The molecule has 0 aliphatic rings. The van der Waals surface area contributed by atoms with Crippen LogP contribution in [-0.4, -0.2) is 171 Å². The molecule has 0 aliphatic heterocycles. The van der Waals surface area contributed by atoms with E-state index in [-0.39, 0.29) is 41.4 Å². The van der Waals surface area contributed by atoms with E-state index in [1.807, 2.05) is 224 Å². The van der Waals surface area contributed by atoms with Gasteiger partial charge in [0.15, 0.2) is 6.04 Å². The Morgan fingerprint density at radius 3 is 0.969 bits per heavy atom. The predicted molar refractivity (Wildman–Crippen MR) is 508 cm³/mol. The molecule has 3 atom stereocenters. The third-order valence-electron chi connectivity index (χ3n) is 20.9. The van der Waals surface area contributed by atoms with Gasteiger partial charge in [0.25, 0.3) is 30.9 Å². The van der Waals surface area contributed by atoms with E-state index in [9.17, 15) is 38.7 Å². The quantitative estimate of drug-likeness (QED) is 0.0275. The Morgan fingerprint density at radius 2 is 0.677 bits per heavy atom. The minimum atomic E-state index is -3.33. The van der Waals surface area contributed by atoms with Crippen molar-refractivity contribution in [3.05, 3.63) is 303 Å². The maximum absolute atomic E-state index is 14.4. The van der Waals surface area contributed by atoms with Crippen molar-refractivity contribution in [2.24, 2.45) is 0 Å². The highest BCUT2D eigenvalue weighted by atomic mass is 28.4. The third kappa shape index (κ3) is 24.0. The highest BCUT2D eigenvalue weighted by Crippen LogP contribution is 2.40. The van der Waals surface area contributed by atoms with Crippen LogP contribution in [-0.2, 0) is 59.8 Å². The molecule has 24 nitrogen and oxygen atoms in total. The smallest absolute Gasteiger partial charge is 0.419 e. The summed E-state index contributed by atoms with van der Waals surface area (Å²) in [4.78, 5) is 103. The van der Waals surface area contributed by atoms with E-state index in [0.29, 0.717) is 38.1 Å². The van der Waals surface area contributed by atoms with Crippen molar-refractivity contribution >= 4 is 132 Å². The van der Waals surface area contributed by atoms with E-state index < -0.39 is 141 Å². The van der Waals surface area contributed by atoms with E-state index in [0.717, 1.165) is 31.1 Å². The average Bonchev–Trinajstić information content (AvgIpc) is 1.13. The van der Waals surface area contributed by atoms with Crippen LogP contribution in [0.15, 0.2) is 291 Å². The summed E-state index contributed by atoms with van der Waals surface area (Å²) in [5, 5.41) is 22.3. The van der Waals surface area contributed by atoms with Crippen molar-refractivity contribution < 1.29 is 83.2 Å². The third-order valence-corrected chi connectivity index (χ3v) is 35.9. The van der Waals surface area contributed by atoms with Crippen LogP contribution in [0.5, 0.6) is 0 Å². The number of fused-ring (bicyclic) bond motifs is 2. The molecule has 4 heterocycles. The second-order valence-electron chi connectivity index (χ2n) is 35.3. The number of nitrogens with zero attached hydrogens (tertiary/aromatic N) is 6. The predicted octanol–water partition coefficient (Wildman–Crippen LogP) is 16.2. The number of likely N-dealkylation sites (N-methyl/N-ethyl adjacent to an activating group) is 3. The van der Waals surface area contributed by atoms with Crippen LogP contribution in [0.3, 0.4) is 0 Å². The molecule has 4 N–H and O–H groups in total. The first-order valence-corrected chi connectivity index (χ1v) is 47.3. The van der Waals surface area contributed by atoms with Gasteiger partial charge in [0.1, 0.15) is 48.1 Å². The monoisotopic (exact) mass is 1780 g/mol. The number of amides is 4. The fraction of sp³-hybridized carbons (Fsp3) is 0.310. The van der Waals surface area contributed by atoms with Crippen molar-refractivity contribution in [3.63, 3.8) is 0 Å². The molecule has 8 aromatic carbocycles. The second kappa shape index (κ2) is 42.2. The van der Waals surface area contributed by atoms with E-state index in [1.54, 1.807) is 139 Å². The van der Waals surface area contributed by atoms with Gasteiger partial charge in [-0.15, -0.1) is 0 Å². The van der Waals surface area contributed by atoms with Gasteiger partial charge >= 0.3 is 30.3 Å². The second-order valence-corrected chi connectivity index (χ2v) is 48.2. The molecule has 12 aromatic rings. The van der Waals surface area contributed by atoms with E-state index in [2.05, 4.69) is 46.7 Å². The van der Waals surface area contributed by atoms with Gasteiger partial charge in [0.05, 0.1) is 41.9 Å². The number of rotatable bonds is 27. The lowest BCUT2D eigenvalue weighted by Crippen LogP contribution is -2.67. The highest BCUT2D eigenvalue weighted by Gasteiger charge is 2.54. The Morgan fingerprint density at radius 1 is 0.386 bits per heavy atom. The van der Waals surface area contributed by atoms with Gasteiger partial charge in [-0.1, -0.05) is 305 Å². The zero-order valence-corrected chi connectivity index (χ0v) is 77.3. The standard InChI is InChI=1S/C40H46N4O6Si.C32H40N4O4Si.C28H33NO5Si/c1-39(2,3)50-38(47)44-26-25-32-33(44)23-24-35(41-32)42-36(45)34(43(7)37(46)48-27-29-17-11-8-12-18-29)28-49-51(40(4,5)6,30-19-13-9-14-20-30)31-21-15-10-16-22-31;1-31(2,3)40-30(38)36-21-20-25-27(36)18-19-28(34-25)35-29(37)26(33-7)22-39-41(32(4,5)6,23-14-10-8-11-15-23)24-16-12-9-13-17-24;1-28(2,3)35(23-16-10-6-11-17-23,24-18-12-7-13-19-24)34-21-25(26(30)31)29(4)27(32)33-20-22-14-8-5-9-15-22/h8-26,34H,27-28H2,1-7H3,(H,41,42,45);8-21,26,33H,22H2,1-7H3,(H,34,35,37);5-19,25H,20-21H2,1-4H3,(H,30,31)/t34-;26-;25-/m111/s1/i2*7D3;4D3. The van der Waals surface area contributed by atoms with Gasteiger partial charge in [0, 0.05) is 38.7 Å². The Balaban J connectivity index is 0.000000214. The lowest BCUT2D eigenvalue weighted by Gasteiger charge is -2.44. The number of aliphatic carboxylic acids is 1. The van der Waals surface area contributed by atoms with Crippen LogP contribution in [0.1, 0.15) is 127 Å². The van der Waals surface area contributed by atoms with Crippen LogP contribution in [0, 0.1) is 0 Å². The number of ether oxygens (including phenoxy) is 4. The van der Waals surface area contributed by atoms with Crippen molar-refractivity contribution in [3.8, 4) is 0 Å². The number of carbonyl (C=O) groups is 7. The Labute approximate surface area is 761 Å². The molecule has 27 heteroatoms. The van der Waals surface area contributed by atoms with E-state index in [1.165, 1.54) is 21.4 Å². The summed E-state index contributed by atoms with van der Waals surface area (Å²) in [7, 11) is -9.57. The molecule has 0 fully saturated rings. The molecule has 0 bridgehead atoms. The molecule has 127 heavy (non-hydrogen) atoms. The SMILES string of the molecule is [2H]C([2H])([2H])N(C(=O)OCc1ccccc1)[C@H](CO[Si](c1ccccc1)(c1ccccc1)C(C)(C)C)C(=O)Nc1ccc2c(ccn2C(=O)OC(C)(C)C)n1.[2H]C([2H])([2H])N(C(=O)OCc1ccccc1)[C@H](CO[Si](c1ccccc1)(c1ccccc1)C(C)(C)C)C(=O)O.[2H]C([2H])([2H])N[C@H](CO[Si](c1ccccc1)(c1ccccc1)C(C)(C)C)C(=O)Nc1ccc2c(ccn2C(=O)OC(C)(C)C)n1. The van der Waals surface area contributed by atoms with Crippen LogP contribution in [0.2, 0.25) is 15.1 Å². The molecule has 0 radical (unpaired) electrons. The number of hydrogen-bond donors (Lipinski definition) is 4. The van der Waals surface area contributed by atoms with Crippen LogP contribution >= 0.6 is 0 Å². The molecule has 0 saturated carbocycles. The van der Waals surface area contributed by atoms with Gasteiger partial charge in [-0.2, -0.15) is 0 Å². The molecular weight excluding hydrogens is 1650 g/mol. The molecule has 0 unspecified atom stereocenters. The summed E-state index contributed by atoms with van der Waals surface area (Å²) in [5.74, 6) is -2.72. The molecule has 4 aromatic heterocycles. The van der Waals surface area contributed by atoms with Crippen molar-refractivity contribution in [1.82, 2.24) is 34.2 Å². The average molecular weight is 1780 g/mol. The number of hydrogen-bond acceptors (Lipinski definition) is 17. The first kappa shape index (κ1) is 84.0. The number of pyridine rings is 2. The maximum Gasteiger partial charge on any atom is 0.419 e. The van der Waals surface area contributed by atoms with E-state index in [4.69, 9.17) is 44.6 Å². The molecule has 12 rings (SSSR count). The van der Waals surface area contributed by atoms with Crippen molar-refractivity contribution in [2.75, 3.05) is 51.4 Å². The van der Waals surface area contributed by atoms with Gasteiger partial charge in [-0.25, -0.2) is 33.9 Å². The minimum Gasteiger partial charge on any atom is -0.480 e. The zero-order chi connectivity index (χ0) is 99.6. The minimum absolute atomic E-state index is 0.0630. The maximum atomic E-state index is 14.4. The van der Waals surface area contributed by atoms with Gasteiger partial charge in [0.2, 0.25) is 5.91 Å². The molecule has 0 saturated heterocycles. The fourth-order valence-electron chi connectivity index (χ4n) is 15.0. The normalized spacial score (nSPS) is 14.1. The number of anilines is 2. The van der Waals surface area contributed by atoms with Gasteiger partial charge in [-0.05, 0) is 142 Å².